The lowest BCUT2D eigenvalue weighted by molar-refractivity contribution is -0.138. The van der Waals surface area contributed by atoms with Crippen molar-refractivity contribution >= 4 is 38.4 Å². The number of benzene rings is 2. The first-order chi connectivity index (χ1) is 13.3. The van der Waals surface area contributed by atoms with Gasteiger partial charge < -0.3 is 10.1 Å². The number of nitrogens with one attached hydrogen (secondary N) is 1. The van der Waals surface area contributed by atoms with E-state index in [0.717, 1.165) is 11.3 Å². The molecule has 0 spiro atoms. The zero-order chi connectivity index (χ0) is 20.0. The van der Waals surface area contributed by atoms with Gasteiger partial charge in [0.2, 0.25) is 0 Å². The Balaban J connectivity index is 1.80. The van der Waals surface area contributed by atoms with Gasteiger partial charge in [0, 0.05) is 23.6 Å². The number of carboxylic acid groups (broad SMARTS) is 1. The van der Waals surface area contributed by atoms with E-state index in [1.54, 1.807) is 24.3 Å². The molecule has 5 nitrogen and oxygen atoms in total. The number of para-hydroxylation sites is 1. The number of nitrogens with zero attached hydrogens (tertiary/aromatic N) is 1. The van der Waals surface area contributed by atoms with Gasteiger partial charge in [-0.25, -0.2) is 18.2 Å². The summed E-state index contributed by atoms with van der Waals surface area (Å²) in [5.41, 5.74) is -0.512. The fourth-order valence-corrected chi connectivity index (χ4v) is 4.05. The van der Waals surface area contributed by atoms with Gasteiger partial charge in [0.1, 0.15) is 11.3 Å². The smallest absolute Gasteiger partial charge is 0.311 e. The summed E-state index contributed by atoms with van der Waals surface area (Å²) in [4.78, 5) is 30.7. The summed E-state index contributed by atoms with van der Waals surface area (Å²) in [5.74, 6) is -6.22. The molecule has 2 aromatic carbocycles. The van der Waals surface area contributed by atoms with Crippen molar-refractivity contribution in [2.24, 2.45) is 0 Å². The number of carboxylic acids is 1. The Kier molecular flexibility index (Phi) is 4.38. The number of halogens is 3. The zero-order valence-corrected chi connectivity index (χ0v) is 14.8. The van der Waals surface area contributed by atoms with E-state index in [0.29, 0.717) is 17.0 Å². The molecule has 0 saturated carbocycles. The van der Waals surface area contributed by atoms with Crippen molar-refractivity contribution in [1.82, 2.24) is 9.97 Å². The molecule has 4 aromatic rings. The average molecular weight is 404 g/mol. The molecule has 9 heteroatoms. The number of carbonyl (C=O) groups is 1. The fourth-order valence-electron chi connectivity index (χ4n) is 3.04. The van der Waals surface area contributed by atoms with Crippen molar-refractivity contribution in [3.05, 3.63) is 74.8 Å². The topological polar surface area (TPSA) is 83.0 Å². The third kappa shape index (κ3) is 3.03. The molecule has 0 aliphatic rings. The Bertz CT molecular complexity index is 1300. The van der Waals surface area contributed by atoms with Crippen LogP contribution in [0.5, 0.6) is 0 Å². The number of hydrogen-bond acceptors (Lipinski definition) is 4. The van der Waals surface area contributed by atoms with Crippen LogP contribution >= 0.6 is 11.3 Å². The van der Waals surface area contributed by atoms with Crippen LogP contribution in [0.4, 0.5) is 13.2 Å². The number of thiazole rings is 1. The first-order valence-electron chi connectivity index (χ1n) is 8.13. The minimum atomic E-state index is -1.37. The maximum atomic E-state index is 13.9. The molecular formula is C19H11F3N2O3S. The molecule has 0 aliphatic carbocycles. The van der Waals surface area contributed by atoms with Crippen LogP contribution in [0.2, 0.25) is 0 Å². The molecule has 2 aromatic heterocycles. The van der Waals surface area contributed by atoms with Crippen LogP contribution in [-0.4, -0.2) is 21.0 Å². The molecule has 2 N–H and O–H groups in total. The molecular weight excluding hydrogens is 393 g/mol. The summed E-state index contributed by atoms with van der Waals surface area (Å²) >= 11 is 0.728. The lowest BCUT2D eigenvalue weighted by Crippen LogP contribution is -2.23. The van der Waals surface area contributed by atoms with Crippen LogP contribution in [0.1, 0.15) is 16.5 Å². The number of fused-ring (bicyclic) bond motifs is 2. The second-order valence-electron chi connectivity index (χ2n) is 6.18. The van der Waals surface area contributed by atoms with Crippen LogP contribution < -0.4 is 5.56 Å². The van der Waals surface area contributed by atoms with E-state index in [9.17, 15) is 27.9 Å². The predicted molar refractivity (Wildman–Crippen MR) is 98.1 cm³/mol. The molecule has 0 fully saturated rings. The number of aromatic nitrogens is 2. The highest BCUT2D eigenvalue weighted by Gasteiger charge is 2.26. The number of pyridine rings is 1. The van der Waals surface area contributed by atoms with Crippen molar-refractivity contribution in [3.8, 4) is 0 Å². The van der Waals surface area contributed by atoms with Gasteiger partial charge in [0.15, 0.2) is 11.6 Å². The van der Waals surface area contributed by atoms with E-state index in [-0.39, 0.29) is 21.7 Å². The van der Waals surface area contributed by atoms with Gasteiger partial charge in [-0.3, -0.25) is 9.59 Å². The van der Waals surface area contributed by atoms with Crippen molar-refractivity contribution in [3.63, 3.8) is 0 Å². The second-order valence-corrected chi connectivity index (χ2v) is 7.26. The predicted octanol–water partition coefficient (Wildman–Crippen LogP) is 3.97. The minimum absolute atomic E-state index is 0.00224. The fraction of sp³-hybridized carbons (Fsp3) is 0.105. The van der Waals surface area contributed by atoms with Gasteiger partial charge >= 0.3 is 5.97 Å². The van der Waals surface area contributed by atoms with Crippen LogP contribution in [0.15, 0.2) is 41.2 Å². The SMILES string of the molecule is O=C(O)C(Cc1nc2c(F)c(F)cc(F)c2s1)c1cc2ccccc2[nH]c1=O. The van der Waals surface area contributed by atoms with Crippen molar-refractivity contribution in [2.75, 3.05) is 0 Å². The molecule has 0 saturated heterocycles. The van der Waals surface area contributed by atoms with Crippen LogP contribution in [0.3, 0.4) is 0 Å². The summed E-state index contributed by atoms with van der Waals surface area (Å²) < 4.78 is 41.0. The van der Waals surface area contributed by atoms with Gasteiger partial charge in [-0.05, 0) is 17.5 Å². The number of aromatic amines is 1. The van der Waals surface area contributed by atoms with Crippen molar-refractivity contribution in [1.29, 1.82) is 0 Å². The van der Waals surface area contributed by atoms with Gasteiger partial charge in [0.05, 0.1) is 15.6 Å². The zero-order valence-electron chi connectivity index (χ0n) is 14.0. The van der Waals surface area contributed by atoms with Gasteiger partial charge in [-0.1, -0.05) is 18.2 Å². The van der Waals surface area contributed by atoms with Crippen LogP contribution in [-0.2, 0) is 11.2 Å². The van der Waals surface area contributed by atoms with Gasteiger partial charge in [-0.2, -0.15) is 0 Å². The summed E-state index contributed by atoms with van der Waals surface area (Å²) in [7, 11) is 0. The summed E-state index contributed by atoms with van der Waals surface area (Å²) in [6, 6.07) is 8.77. The van der Waals surface area contributed by atoms with Crippen molar-refractivity contribution < 1.29 is 23.1 Å². The van der Waals surface area contributed by atoms with E-state index in [1.165, 1.54) is 6.07 Å². The van der Waals surface area contributed by atoms with Gasteiger partial charge in [0.25, 0.3) is 5.56 Å². The normalized spacial score (nSPS) is 12.5. The highest BCUT2D eigenvalue weighted by atomic mass is 32.1. The first-order valence-corrected chi connectivity index (χ1v) is 8.94. The highest BCUT2D eigenvalue weighted by molar-refractivity contribution is 7.18. The van der Waals surface area contributed by atoms with E-state index in [1.807, 2.05) is 0 Å². The molecule has 0 radical (unpaired) electrons. The summed E-state index contributed by atoms with van der Waals surface area (Å²) in [5, 5.41) is 10.4. The molecule has 4 rings (SSSR count). The Labute approximate surface area is 159 Å². The monoisotopic (exact) mass is 404 g/mol. The molecule has 2 heterocycles. The van der Waals surface area contributed by atoms with E-state index in [4.69, 9.17) is 0 Å². The lowest BCUT2D eigenvalue weighted by Gasteiger charge is -2.11. The molecule has 142 valence electrons. The molecule has 0 bridgehead atoms. The van der Waals surface area contributed by atoms with Crippen LogP contribution in [0.25, 0.3) is 21.1 Å². The average Bonchev–Trinajstić information content (AvgIpc) is 3.08. The first kappa shape index (κ1) is 18.2. The molecule has 1 unspecified atom stereocenters. The Hall–Kier alpha value is -3.20. The van der Waals surface area contributed by atoms with E-state index in [2.05, 4.69) is 9.97 Å². The lowest BCUT2D eigenvalue weighted by atomic mass is 9.96. The Morgan fingerprint density at radius 1 is 1.18 bits per heavy atom. The highest BCUT2D eigenvalue weighted by Crippen LogP contribution is 2.31. The third-order valence-corrected chi connectivity index (χ3v) is 5.48. The summed E-state index contributed by atoms with van der Waals surface area (Å²) in [6.45, 7) is 0. The van der Waals surface area contributed by atoms with E-state index < -0.39 is 40.4 Å². The largest absolute Gasteiger partial charge is 0.481 e. The second kappa shape index (κ2) is 6.75. The molecule has 1 atom stereocenters. The molecule has 0 aliphatic heterocycles. The summed E-state index contributed by atoms with van der Waals surface area (Å²) in [6.07, 6.45) is -0.267. The molecule has 0 amide bonds. The van der Waals surface area contributed by atoms with E-state index >= 15 is 0 Å². The standard InChI is InChI=1S/C19H11F3N2O3S/c20-11-7-12(21)17-16(15(11)22)24-14(28-17)6-10(19(26)27)9-5-8-3-1-2-4-13(8)23-18(9)25/h1-5,7,10H,6H2,(H,23,25)(H,26,27). The quantitative estimate of drug-likeness (QED) is 0.505. The number of rotatable bonds is 4. The van der Waals surface area contributed by atoms with Crippen molar-refractivity contribution in [2.45, 2.75) is 12.3 Å². The Morgan fingerprint density at radius 3 is 2.68 bits per heavy atom. The van der Waals surface area contributed by atoms with Crippen LogP contribution in [0, 0.1) is 17.5 Å². The van der Waals surface area contributed by atoms with Gasteiger partial charge in [-0.15, -0.1) is 11.3 Å². The number of hydrogen-bond donors (Lipinski definition) is 2. The number of H-pyrrole nitrogens is 1. The minimum Gasteiger partial charge on any atom is -0.481 e. The number of aliphatic carboxylic acids is 1. The third-order valence-electron chi connectivity index (χ3n) is 4.39. The maximum Gasteiger partial charge on any atom is 0.311 e. The Morgan fingerprint density at radius 2 is 1.93 bits per heavy atom. The maximum absolute atomic E-state index is 13.9. The molecule has 28 heavy (non-hydrogen) atoms.